The number of fused-ring (bicyclic) bond motifs is 1. The van der Waals surface area contributed by atoms with E-state index in [1.54, 1.807) is 37.3 Å². The lowest BCUT2D eigenvalue weighted by atomic mass is 9.94. The largest absolute Gasteiger partial charge is 0.382 e. The Morgan fingerprint density at radius 3 is 2.44 bits per heavy atom. The SMILES string of the molecule is Cc1ccc(-n2c(C3(Cc4cc(F)cc(F)c4)CC3)nc3cc(Br)ccc3c2=O)c(NCC(F)F)c1/C(N)=N/S(=O)(=O)C1CC1. The Labute approximate surface area is 264 Å². The summed E-state index contributed by atoms with van der Waals surface area (Å²) in [5.41, 5.74) is 6.25. The van der Waals surface area contributed by atoms with Gasteiger partial charge in [-0.25, -0.2) is 31.0 Å². The fourth-order valence-corrected chi connectivity index (χ4v) is 7.26. The molecule has 0 bridgehead atoms. The maximum atomic E-state index is 14.3. The first-order valence-corrected chi connectivity index (χ1v) is 16.5. The van der Waals surface area contributed by atoms with Gasteiger partial charge in [0.05, 0.1) is 34.1 Å². The summed E-state index contributed by atoms with van der Waals surface area (Å²) >= 11 is 3.41. The van der Waals surface area contributed by atoms with Gasteiger partial charge in [0.1, 0.15) is 23.3 Å². The van der Waals surface area contributed by atoms with Crippen molar-refractivity contribution in [2.24, 2.45) is 10.1 Å². The second kappa shape index (κ2) is 11.5. The molecular weight excluding hydrogens is 678 g/mol. The molecule has 2 aliphatic carbocycles. The topological polar surface area (TPSA) is 119 Å². The number of nitrogens with zero attached hydrogens (tertiary/aromatic N) is 3. The van der Waals surface area contributed by atoms with Gasteiger partial charge >= 0.3 is 0 Å². The molecule has 14 heteroatoms. The predicted octanol–water partition coefficient (Wildman–Crippen LogP) is 5.88. The number of aromatic nitrogens is 2. The molecule has 2 fully saturated rings. The Morgan fingerprint density at radius 1 is 1.13 bits per heavy atom. The van der Waals surface area contributed by atoms with E-state index in [9.17, 15) is 30.8 Å². The molecule has 1 heterocycles. The lowest BCUT2D eigenvalue weighted by Crippen LogP contribution is -2.31. The first-order chi connectivity index (χ1) is 21.3. The molecule has 0 atom stereocenters. The lowest BCUT2D eigenvalue weighted by molar-refractivity contribution is 0.163. The summed E-state index contributed by atoms with van der Waals surface area (Å²) in [5.74, 6) is -1.63. The van der Waals surface area contributed by atoms with Crippen molar-refractivity contribution in [2.75, 3.05) is 11.9 Å². The highest BCUT2D eigenvalue weighted by Crippen LogP contribution is 2.51. The molecule has 236 valence electrons. The number of alkyl halides is 2. The summed E-state index contributed by atoms with van der Waals surface area (Å²) in [4.78, 5) is 19.2. The van der Waals surface area contributed by atoms with Gasteiger partial charge in [0.2, 0.25) is 0 Å². The Bertz CT molecular complexity index is 2020. The van der Waals surface area contributed by atoms with Gasteiger partial charge in [-0.05, 0) is 86.6 Å². The second-order valence-electron chi connectivity index (χ2n) is 11.6. The maximum absolute atomic E-state index is 14.3. The number of nitrogens with two attached hydrogens (primary N) is 1. The molecule has 0 unspecified atom stereocenters. The number of nitrogens with one attached hydrogen (secondary N) is 1. The number of amidine groups is 1. The normalized spacial score (nSPS) is 16.4. The highest BCUT2D eigenvalue weighted by atomic mass is 79.9. The van der Waals surface area contributed by atoms with Crippen molar-refractivity contribution >= 4 is 48.4 Å². The minimum atomic E-state index is -3.94. The molecule has 8 nitrogen and oxygen atoms in total. The van der Waals surface area contributed by atoms with Gasteiger partial charge in [-0.15, -0.1) is 4.40 Å². The Kier molecular flexibility index (Phi) is 8.00. The van der Waals surface area contributed by atoms with Crippen LogP contribution in [0.15, 0.2) is 62.2 Å². The number of sulfonamides is 1. The van der Waals surface area contributed by atoms with Crippen LogP contribution in [0.25, 0.3) is 16.6 Å². The van der Waals surface area contributed by atoms with E-state index in [-0.39, 0.29) is 34.6 Å². The number of aryl methyl sites for hydroxylation is 1. The number of benzene rings is 3. The molecule has 2 saturated carbocycles. The van der Waals surface area contributed by atoms with Crippen LogP contribution >= 0.6 is 15.9 Å². The average molecular weight is 707 g/mol. The molecule has 45 heavy (non-hydrogen) atoms. The molecule has 0 saturated heterocycles. The number of hydrogen-bond donors (Lipinski definition) is 2. The van der Waals surface area contributed by atoms with Gasteiger partial charge in [0, 0.05) is 21.5 Å². The monoisotopic (exact) mass is 705 g/mol. The molecule has 2 aliphatic rings. The van der Waals surface area contributed by atoms with Crippen LogP contribution in [-0.4, -0.2) is 42.0 Å². The van der Waals surface area contributed by atoms with E-state index in [2.05, 4.69) is 25.6 Å². The van der Waals surface area contributed by atoms with Crippen molar-refractivity contribution in [3.63, 3.8) is 0 Å². The summed E-state index contributed by atoms with van der Waals surface area (Å²) < 4.78 is 86.8. The van der Waals surface area contributed by atoms with Crippen molar-refractivity contribution < 1.29 is 26.0 Å². The second-order valence-corrected chi connectivity index (χ2v) is 14.4. The third kappa shape index (κ3) is 6.22. The molecule has 0 amide bonds. The summed E-state index contributed by atoms with van der Waals surface area (Å²) in [5, 5.41) is 2.26. The number of rotatable bonds is 10. The molecular formula is C31H28BrF4N5O3S. The van der Waals surface area contributed by atoms with Crippen LogP contribution in [-0.2, 0) is 21.9 Å². The van der Waals surface area contributed by atoms with Crippen LogP contribution in [0.3, 0.4) is 0 Å². The van der Waals surface area contributed by atoms with Gasteiger partial charge in [0.15, 0.2) is 0 Å². The van der Waals surface area contributed by atoms with Gasteiger partial charge < -0.3 is 11.1 Å². The number of hydrogen-bond acceptors (Lipinski definition) is 5. The zero-order valence-electron chi connectivity index (χ0n) is 24.0. The number of halogens is 5. The van der Waals surface area contributed by atoms with E-state index < -0.39 is 56.7 Å². The maximum Gasteiger partial charge on any atom is 0.266 e. The molecule has 0 radical (unpaired) electrons. The molecule has 6 rings (SSSR count). The van der Waals surface area contributed by atoms with Crippen molar-refractivity contribution in [1.82, 2.24) is 9.55 Å². The minimum absolute atomic E-state index is 0.0169. The van der Waals surface area contributed by atoms with E-state index in [4.69, 9.17) is 10.7 Å². The smallest absolute Gasteiger partial charge is 0.266 e. The van der Waals surface area contributed by atoms with E-state index in [0.717, 1.165) is 6.07 Å². The molecule has 3 N–H and O–H groups in total. The highest BCUT2D eigenvalue weighted by molar-refractivity contribution is 9.10. The third-order valence-electron chi connectivity index (χ3n) is 8.12. The van der Waals surface area contributed by atoms with Crippen LogP contribution < -0.4 is 16.6 Å². The minimum Gasteiger partial charge on any atom is -0.382 e. The molecule has 1 aromatic heterocycles. The third-order valence-corrected chi connectivity index (χ3v) is 10.4. The van der Waals surface area contributed by atoms with Crippen molar-refractivity contribution in [3.8, 4) is 5.69 Å². The zero-order valence-corrected chi connectivity index (χ0v) is 26.4. The van der Waals surface area contributed by atoms with Crippen LogP contribution in [0.1, 0.15) is 48.2 Å². The van der Waals surface area contributed by atoms with Crippen LogP contribution in [0, 0.1) is 18.6 Å². The van der Waals surface area contributed by atoms with Gasteiger partial charge in [-0.1, -0.05) is 22.0 Å². The van der Waals surface area contributed by atoms with Crippen LogP contribution in [0.4, 0.5) is 23.2 Å². The summed E-state index contributed by atoms with van der Waals surface area (Å²) in [6.45, 7) is 0.789. The van der Waals surface area contributed by atoms with E-state index >= 15 is 0 Å². The average Bonchev–Trinajstić information content (AvgIpc) is 3.86. The van der Waals surface area contributed by atoms with E-state index in [1.807, 2.05) is 0 Å². The Morgan fingerprint density at radius 2 is 1.82 bits per heavy atom. The van der Waals surface area contributed by atoms with E-state index in [0.29, 0.717) is 46.8 Å². The van der Waals surface area contributed by atoms with Crippen molar-refractivity contribution in [2.45, 2.75) is 56.1 Å². The predicted molar refractivity (Wildman–Crippen MR) is 168 cm³/mol. The zero-order chi connectivity index (χ0) is 32.3. The summed E-state index contributed by atoms with van der Waals surface area (Å²) in [7, 11) is -3.94. The first-order valence-electron chi connectivity index (χ1n) is 14.2. The Balaban J connectivity index is 1.62. The van der Waals surface area contributed by atoms with Crippen LogP contribution in [0.2, 0.25) is 0 Å². The Hall–Kier alpha value is -3.78. The van der Waals surface area contributed by atoms with Gasteiger partial charge in [-0.2, -0.15) is 0 Å². The molecule has 0 spiro atoms. The van der Waals surface area contributed by atoms with Gasteiger partial charge in [-0.3, -0.25) is 9.36 Å². The van der Waals surface area contributed by atoms with Crippen molar-refractivity contribution in [3.05, 3.63) is 97.5 Å². The lowest BCUT2D eigenvalue weighted by Gasteiger charge is -2.25. The van der Waals surface area contributed by atoms with Crippen LogP contribution in [0.5, 0.6) is 0 Å². The molecule has 4 aromatic rings. The summed E-state index contributed by atoms with van der Waals surface area (Å²) in [6, 6.07) is 11.3. The quantitative estimate of drug-likeness (QED) is 0.121. The van der Waals surface area contributed by atoms with Crippen molar-refractivity contribution in [1.29, 1.82) is 0 Å². The summed E-state index contributed by atoms with van der Waals surface area (Å²) in [6.07, 6.45) is -0.708. The van der Waals surface area contributed by atoms with E-state index in [1.165, 1.54) is 16.7 Å². The highest BCUT2D eigenvalue weighted by Gasteiger charge is 2.48. The standard InChI is InChI=1S/C31H28BrF4N5O3S/c1-16-2-7-24(27(38-15-25(35)36)26(16)28(37)40-45(43,44)21-4-5-21)41-29(42)22-6-3-18(32)12-23(22)39-30(41)31(8-9-31)14-17-10-19(33)13-20(34)11-17/h2-3,6-7,10-13,21,25,38H,4-5,8-9,14-15H2,1H3,(H2,37,40). The first kappa shape index (κ1) is 31.2. The fourth-order valence-electron chi connectivity index (χ4n) is 5.67. The number of anilines is 1. The van der Waals surface area contributed by atoms with Gasteiger partial charge in [0.25, 0.3) is 22.0 Å². The molecule has 0 aliphatic heterocycles. The fraction of sp³-hybridized carbons (Fsp3) is 0.323. The molecule has 3 aromatic carbocycles.